The number of nitrogens with zero attached hydrogens (tertiary/aromatic N) is 1. The van der Waals surface area contributed by atoms with Gasteiger partial charge in [0.05, 0.1) is 11.4 Å². The Morgan fingerprint density at radius 2 is 2.33 bits per heavy atom. The average Bonchev–Trinajstić information content (AvgIpc) is 3.01. The first-order valence-electron chi connectivity index (χ1n) is 5.21. The molecule has 0 radical (unpaired) electrons. The Morgan fingerprint density at radius 1 is 1.53 bits per heavy atom. The van der Waals surface area contributed by atoms with E-state index in [9.17, 15) is 0 Å². The molecule has 0 amide bonds. The summed E-state index contributed by atoms with van der Waals surface area (Å²) in [5.41, 5.74) is 2.12. The van der Waals surface area contributed by atoms with Gasteiger partial charge in [-0.05, 0) is 44.2 Å². The summed E-state index contributed by atoms with van der Waals surface area (Å²) in [5.74, 6) is 0. The summed E-state index contributed by atoms with van der Waals surface area (Å²) in [6, 6.07) is 6.35. The van der Waals surface area contributed by atoms with Gasteiger partial charge >= 0.3 is 0 Å². The fourth-order valence-electron chi connectivity index (χ4n) is 1.30. The lowest BCUT2D eigenvalue weighted by Crippen LogP contribution is -2.08. The molecule has 0 aliphatic heterocycles. The molecule has 1 heterocycles. The Balaban J connectivity index is 1.97. The summed E-state index contributed by atoms with van der Waals surface area (Å²) in [6.45, 7) is 1.93. The molecule has 0 aromatic carbocycles. The van der Waals surface area contributed by atoms with E-state index in [1.54, 1.807) is 6.08 Å². The van der Waals surface area contributed by atoms with Crippen molar-refractivity contribution in [1.29, 1.82) is 5.41 Å². The van der Waals surface area contributed by atoms with E-state index < -0.39 is 0 Å². The first-order chi connectivity index (χ1) is 7.25. The lowest BCUT2D eigenvalue weighted by Gasteiger charge is -1.99. The van der Waals surface area contributed by atoms with Crippen molar-refractivity contribution in [3.63, 3.8) is 0 Å². The van der Waals surface area contributed by atoms with Crippen molar-refractivity contribution in [2.24, 2.45) is 0 Å². The Kier molecular flexibility index (Phi) is 2.81. The van der Waals surface area contributed by atoms with Crippen LogP contribution >= 0.6 is 0 Å². The molecule has 1 aliphatic rings. The van der Waals surface area contributed by atoms with Gasteiger partial charge in [0.25, 0.3) is 0 Å². The Morgan fingerprint density at radius 3 is 3.00 bits per heavy atom. The van der Waals surface area contributed by atoms with E-state index in [4.69, 9.17) is 5.41 Å². The predicted octanol–water partition coefficient (Wildman–Crippen LogP) is 2.02. The van der Waals surface area contributed by atoms with Crippen LogP contribution in [0.25, 0.3) is 0 Å². The van der Waals surface area contributed by atoms with E-state index in [1.807, 2.05) is 31.3 Å². The van der Waals surface area contributed by atoms with Gasteiger partial charge in [-0.2, -0.15) is 0 Å². The monoisotopic (exact) mass is 201 g/mol. The third-order valence-corrected chi connectivity index (χ3v) is 2.32. The van der Waals surface area contributed by atoms with Gasteiger partial charge < -0.3 is 5.32 Å². The second-order valence-electron chi connectivity index (χ2n) is 3.85. The number of pyridine rings is 1. The maximum Gasteiger partial charge on any atom is 0.0882 e. The molecular weight excluding hydrogens is 186 g/mol. The van der Waals surface area contributed by atoms with Crippen LogP contribution in [0.15, 0.2) is 30.5 Å². The topological polar surface area (TPSA) is 48.8 Å². The molecule has 15 heavy (non-hydrogen) atoms. The van der Waals surface area contributed by atoms with Crippen molar-refractivity contribution in [2.45, 2.75) is 25.8 Å². The molecule has 1 aromatic rings. The predicted molar refractivity (Wildman–Crippen MR) is 61.1 cm³/mol. The molecule has 1 aromatic heterocycles. The first kappa shape index (κ1) is 9.90. The summed E-state index contributed by atoms with van der Waals surface area (Å²) in [6.07, 6.45) is 6.12. The molecule has 0 unspecified atom stereocenters. The van der Waals surface area contributed by atoms with Gasteiger partial charge in [0.15, 0.2) is 0 Å². The normalized spacial score (nSPS) is 15.5. The summed E-state index contributed by atoms with van der Waals surface area (Å²) >= 11 is 0. The quantitative estimate of drug-likeness (QED) is 0.732. The molecule has 2 rings (SSSR count). The van der Waals surface area contributed by atoms with E-state index in [-0.39, 0.29) is 0 Å². The number of rotatable bonds is 4. The minimum atomic E-state index is 0.451. The van der Waals surface area contributed by atoms with Crippen molar-refractivity contribution >= 4 is 5.71 Å². The van der Waals surface area contributed by atoms with Crippen molar-refractivity contribution in [3.05, 3.63) is 41.9 Å². The van der Waals surface area contributed by atoms with Gasteiger partial charge in [-0.3, -0.25) is 10.4 Å². The SMILES string of the molecule is Cc1cccc(C(=N)/C=C\NC2CC2)n1. The zero-order chi connectivity index (χ0) is 10.7. The van der Waals surface area contributed by atoms with Gasteiger partial charge in [-0.1, -0.05) is 6.07 Å². The molecule has 1 aliphatic carbocycles. The molecule has 2 N–H and O–H groups in total. The van der Waals surface area contributed by atoms with Gasteiger partial charge in [-0.25, -0.2) is 0 Å². The molecule has 1 fully saturated rings. The van der Waals surface area contributed by atoms with Crippen molar-refractivity contribution in [2.75, 3.05) is 0 Å². The van der Waals surface area contributed by atoms with Crippen LogP contribution in [0.5, 0.6) is 0 Å². The van der Waals surface area contributed by atoms with Gasteiger partial charge in [0.2, 0.25) is 0 Å². The number of aryl methyl sites for hydroxylation is 1. The molecule has 0 bridgehead atoms. The van der Waals surface area contributed by atoms with E-state index in [1.165, 1.54) is 12.8 Å². The fraction of sp³-hybridized carbons (Fsp3) is 0.333. The molecule has 3 nitrogen and oxygen atoms in total. The van der Waals surface area contributed by atoms with E-state index in [0.29, 0.717) is 11.8 Å². The minimum Gasteiger partial charge on any atom is -0.388 e. The Labute approximate surface area is 89.7 Å². The van der Waals surface area contributed by atoms with Crippen molar-refractivity contribution in [3.8, 4) is 0 Å². The fourth-order valence-corrected chi connectivity index (χ4v) is 1.30. The third kappa shape index (κ3) is 2.91. The zero-order valence-corrected chi connectivity index (χ0v) is 8.83. The van der Waals surface area contributed by atoms with E-state index in [0.717, 1.165) is 11.4 Å². The highest BCUT2D eigenvalue weighted by Crippen LogP contribution is 2.18. The van der Waals surface area contributed by atoms with E-state index >= 15 is 0 Å². The van der Waals surface area contributed by atoms with Crippen LogP contribution in [-0.4, -0.2) is 16.7 Å². The van der Waals surface area contributed by atoms with Crippen molar-refractivity contribution in [1.82, 2.24) is 10.3 Å². The summed E-state index contributed by atoms with van der Waals surface area (Å²) in [5, 5.41) is 11.0. The molecule has 0 spiro atoms. The lowest BCUT2D eigenvalue weighted by atomic mass is 10.2. The van der Waals surface area contributed by atoms with Crippen LogP contribution in [0, 0.1) is 12.3 Å². The minimum absolute atomic E-state index is 0.451. The largest absolute Gasteiger partial charge is 0.388 e. The summed E-state index contributed by atoms with van der Waals surface area (Å²) < 4.78 is 0. The third-order valence-electron chi connectivity index (χ3n) is 2.32. The lowest BCUT2D eigenvalue weighted by molar-refractivity contribution is 0.863. The maximum atomic E-state index is 7.80. The summed E-state index contributed by atoms with van der Waals surface area (Å²) in [7, 11) is 0. The van der Waals surface area contributed by atoms with E-state index in [2.05, 4.69) is 10.3 Å². The number of allylic oxidation sites excluding steroid dienone is 1. The van der Waals surface area contributed by atoms with Crippen LogP contribution in [0.3, 0.4) is 0 Å². The molecular formula is C12H15N3. The highest BCUT2D eigenvalue weighted by atomic mass is 14.9. The van der Waals surface area contributed by atoms with Crippen LogP contribution in [0.1, 0.15) is 24.2 Å². The van der Waals surface area contributed by atoms with Crippen molar-refractivity contribution < 1.29 is 0 Å². The van der Waals surface area contributed by atoms with Crippen LogP contribution in [0.2, 0.25) is 0 Å². The highest BCUT2D eigenvalue weighted by molar-refractivity contribution is 6.04. The molecule has 78 valence electrons. The van der Waals surface area contributed by atoms with Gasteiger partial charge in [0, 0.05) is 11.7 Å². The number of aromatic nitrogens is 1. The Hall–Kier alpha value is -1.64. The Bertz CT molecular complexity index is 392. The molecule has 0 saturated heterocycles. The second-order valence-corrected chi connectivity index (χ2v) is 3.85. The maximum absolute atomic E-state index is 7.80. The molecule has 0 atom stereocenters. The van der Waals surface area contributed by atoms with Gasteiger partial charge in [0.1, 0.15) is 0 Å². The van der Waals surface area contributed by atoms with Gasteiger partial charge in [-0.15, -0.1) is 0 Å². The van der Waals surface area contributed by atoms with Crippen LogP contribution in [0.4, 0.5) is 0 Å². The molecule has 3 heteroatoms. The van der Waals surface area contributed by atoms with Crippen LogP contribution < -0.4 is 5.32 Å². The standard InChI is InChI=1S/C12H15N3/c1-9-3-2-4-12(15-9)11(13)7-8-14-10-5-6-10/h2-4,7-8,10,13-14H,5-6H2,1H3/b8-7-,13-11?. The number of hydrogen-bond donors (Lipinski definition) is 2. The van der Waals surface area contributed by atoms with Crippen LogP contribution in [-0.2, 0) is 0 Å². The summed E-state index contributed by atoms with van der Waals surface area (Å²) in [4.78, 5) is 4.28. The highest BCUT2D eigenvalue weighted by Gasteiger charge is 2.18. The molecule has 1 saturated carbocycles. The second kappa shape index (κ2) is 4.26. The smallest absolute Gasteiger partial charge is 0.0882 e. The zero-order valence-electron chi connectivity index (χ0n) is 8.83. The number of hydrogen-bond acceptors (Lipinski definition) is 3. The average molecular weight is 201 g/mol. The number of nitrogens with one attached hydrogen (secondary N) is 2. The first-order valence-corrected chi connectivity index (χ1v) is 5.21.